The molecular weight excluding hydrogens is 296 g/mol. The molecule has 0 fully saturated rings. The molecule has 1 aromatic heterocycles. The van der Waals surface area contributed by atoms with Crippen molar-refractivity contribution in [2.75, 3.05) is 14.2 Å². The van der Waals surface area contributed by atoms with E-state index in [4.69, 9.17) is 9.47 Å². The van der Waals surface area contributed by atoms with Gasteiger partial charge in [-0.25, -0.2) is 5.43 Å². The highest BCUT2D eigenvalue weighted by Gasteiger charge is 2.06. The molecule has 1 aromatic carbocycles. The number of nitrogens with one attached hydrogen (secondary N) is 1. The molecule has 0 bridgehead atoms. The third-order valence-corrected chi connectivity index (χ3v) is 3.23. The minimum Gasteiger partial charge on any atom is -0.497 e. The first-order chi connectivity index (χ1) is 11.0. The van der Waals surface area contributed by atoms with E-state index >= 15 is 0 Å². The van der Waals surface area contributed by atoms with Crippen LogP contribution in [0.25, 0.3) is 0 Å². The van der Waals surface area contributed by atoms with Crippen molar-refractivity contribution in [3.05, 3.63) is 41.2 Å². The van der Waals surface area contributed by atoms with E-state index in [1.807, 2.05) is 19.9 Å². The maximum absolute atomic E-state index is 11.9. The van der Waals surface area contributed by atoms with Crippen LogP contribution in [0.3, 0.4) is 0 Å². The summed E-state index contributed by atoms with van der Waals surface area (Å²) in [6.45, 7) is 3.91. The number of hydrogen-bond donors (Lipinski definition) is 1. The van der Waals surface area contributed by atoms with Gasteiger partial charge >= 0.3 is 0 Å². The molecule has 0 atom stereocenters. The Kier molecular flexibility index (Phi) is 5.35. The van der Waals surface area contributed by atoms with E-state index in [9.17, 15) is 4.79 Å². The first-order valence-corrected chi connectivity index (χ1v) is 7.08. The van der Waals surface area contributed by atoms with E-state index in [1.165, 1.54) is 6.21 Å². The second-order valence-electron chi connectivity index (χ2n) is 4.99. The zero-order valence-corrected chi connectivity index (χ0v) is 13.7. The first kappa shape index (κ1) is 16.5. The second kappa shape index (κ2) is 7.44. The summed E-state index contributed by atoms with van der Waals surface area (Å²) in [6, 6.07) is 7.26. The highest BCUT2D eigenvalue weighted by Crippen LogP contribution is 2.22. The molecule has 122 valence electrons. The number of amides is 1. The van der Waals surface area contributed by atoms with Crippen molar-refractivity contribution in [2.24, 2.45) is 5.10 Å². The Bertz CT molecular complexity index is 722. The first-order valence-electron chi connectivity index (χ1n) is 7.08. The molecule has 0 aliphatic heterocycles. The van der Waals surface area contributed by atoms with Gasteiger partial charge in [0.2, 0.25) is 0 Å². The highest BCUT2D eigenvalue weighted by atomic mass is 16.5. The summed E-state index contributed by atoms with van der Waals surface area (Å²) in [6.07, 6.45) is 1.53. The molecule has 1 N–H and O–H groups in total. The number of hydrogen-bond acceptors (Lipinski definition) is 5. The van der Waals surface area contributed by atoms with Gasteiger partial charge in [0.15, 0.2) is 0 Å². The van der Waals surface area contributed by atoms with Crippen LogP contribution in [0.15, 0.2) is 29.4 Å². The van der Waals surface area contributed by atoms with Gasteiger partial charge in [-0.05, 0) is 32.0 Å². The summed E-state index contributed by atoms with van der Waals surface area (Å²) in [7, 11) is 3.15. The molecule has 23 heavy (non-hydrogen) atoms. The highest BCUT2D eigenvalue weighted by molar-refractivity contribution is 5.85. The lowest BCUT2D eigenvalue weighted by molar-refractivity contribution is -0.121. The lowest BCUT2D eigenvalue weighted by atomic mass is 10.2. The number of carbonyl (C=O) groups is 1. The predicted molar refractivity (Wildman–Crippen MR) is 87.0 cm³/mol. The molecule has 1 amide bonds. The van der Waals surface area contributed by atoms with Crippen molar-refractivity contribution < 1.29 is 14.3 Å². The molecular formula is C16H20N4O3. The van der Waals surface area contributed by atoms with Crippen LogP contribution in [0, 0.1) is 13.8 Å². The summed E-state index contributed by atoms with van der Waals surface area (Å²) < 4.78 is 12.0. The van der Waals surface area contributed by atoms with Crippen molar-refractivity contribution in [1.29, 1.82) is 0 Å². The number of methoxy groups -OCH3 is 2. The summed E-state index contributed by atoms with van der Waals surface area (Å²) in [4.78, 5) is 11.9. The van der Waals surface area contributed by atoms with Gasteiger partial charge in [-0.1, -0.05) is 0 Å². The minimum absolute atomic E-state index is 0.122. The maximum Gasteiger partial charge on any atom is 0.261 e. The SMILES string of the molecule is COc1ccc(C=NNC(=O)Cn2nc(C)cc2C)c(OC)c1. The molecule has 2 rings (SSSR count). The number of rotatable bonds is 6. The van der Waals surface area contributed by atoms with E-state index in [0.717, 1.165) is 17.0 Å². The zero-order valence-electron chi connectivity index (χ0n) is 13.7. The zero-order chi connectivity index (χ0) is 16.8. The number of ether oxygens (including phenoxy) is 2. The Morgan fingerprint density at radius 1 is 1.30 bits per heavy atom. The van der Waals surface area contributed by atoms with Gasteiger partial charge in [0.25, 0.3) is 5.91 Å². The summed E-state index contributed by atoms with van der Waals surface area (Å²) in [5.41, 5.74) is 5.02. The molecule has 7 nitrogen and oxygen atoms in total. The quantitative estimate of drug-likeness (QED) is 0.649. The van der Waals surface area contributed by atoms with Crippen LogP contribution < -0.4 is 14.9 Å². The van der Waals surface area contributed by atoms with Gasteiger partial charge in [0.05, 0.1) is 26.1 Å². The largest absolute Gasteiger partial charge is 0.497 e. The molecule has 0 unspecified atom stereocenters. The third-order valence-electron chi connectivity index (χ3n) is 3.23. The van der Waals surface area contributed by atoms with Crippen LogP contribution in [0.1, 0.15) is 17.0 Å². The molecule has 0 saturated heterocycles. The number of aryl methyl sites for hydroxylation is 2. The molecule has 0 saturated carbocycles. The fraction of sp³-hybridized carbons (Fsp3) is 0.312. The Labute approximate surface area is 134 Å². The number of aromatic nitrogens is 2. The van der Waals surface area contributed by atoms with Gasteiger partial charge < -0.3 is 9.47 Å². The second-order valence-corrected chi connectivity index (χ2v) is 4.99. The lowest BCUT2D eigenvalue weighted by Gasteiger charge is -2.07. The van der Waals surface area contributed by atoms with Gasteiger partial charge in [-0.2, -0.15) is 10.2 Å². The molecule has 1 heterocycles. The lowest BCUT2D eigenvalue weighted by Crippen LogP contribution is -2.24. The fourth-order valence-electron chi connectivity index (χ4n) is 2.11. The Balaban J connectivity index is 1.98. The smallest absolute Gasteiger partial charge is 0.261 e. The van der Waals surface area contributed by atoms with Gasteiger partial charge in [-0.3, -0.25) is 9.48 Å². The molecule has 2 aromatic rings. The van der Waals surface area contributed by atoms with Crippen LogP contribution in [-0.4, -0.2) is 36.1 Å². The van der Waals surface area contributed by atoms with Gasteiger partial charge in [0, 0.05) is 17.3 Å². The molecule has 7 heteroatoms. The average molecular weight is 316 g/mol. The summed E-state index contributed by atoms with van der Waals surface area (Å²) in [5, 5.41) is 8.18. The maximum atomic E-state index is 11.9. The van der Waals surface area contributed by atoms with E-state index in [-0.39, 0.29) is 12.5 Å². The summed E-state index contributed by atoms with van der Waals surface area (Å²) >= 11 is 0. The third kappa shape index (κ3) is 4.32. The topological polar surface area (TPSA) is 77.7 Å². The Hall–Kier alpha value is -2.83. The van der Waals surface area contributed by atoms with Crippen molar-refractivity contribution in [1.82, 2.24) is 15.2 Å². The average Bonchev–Trinajstić information content (AvgIpc) is 2.85. The molecule has 0 radical (unpaired) electrons. The number of carbonyl (C=O) groups excluding carboxylic acids is 1. The van der Waals surface area contributed by atoms with Crippen molar-refractivity contribution in [2.45, 2.75) is 20.4 Å². The van der Waals surface area contributed by atoms with Crippen LogP contribution in [0.4, 0.5) is 0 Å². The monoisotopic (exact) mass is 316 g/mol. The van der Waals surface area contributed by atoms with E-state index in [2.05, 4.69) is 15.6 Å². The van der Waals surface area contributed by atoms with Crippen LogP contribution in [-0.2, 0) is 11.3 Å². The molecule has 0 aliphatic carbocycles. The predicted octanol–water partition coefficient (Wildman–Crippen LogP) is 1.67. The van der Waals surface area contributed by atoms with Crippen molar-refractivity contribution in [3.8, 4) is 11.5 Å². The minimum atomic E-state index is -0.250. The number of benzene rings is 1. The van der Waals surface area contributed by atoms with Crippen LogP contribution >= 0.6 is 0 Å². The fourth-order valence-corrected chi connectivity index (χ4v) is 2.11. The Morgan fingerprint density at radius 3 is 2.70 bits per heavy atom. The number of hydrazone groups is 1. The normalized spacial score (nSPS) is 10.8. The van der Waals surface area contributed by atoms with Gasteiger partial charge in [0.1, 0.15) is 18.0 Å². The molecule has 0 spiro atoms. The summed E-state index contributed by atoms with van der Waals surface area (Å²) in [5.74, 6) is 1.05. The van der Waals surface area contributed by atoms with Gasteiger partial charge in [-0.15, -0.1) is 0 Å². The standard InChI is InChI=1S/C16H20N4O3/c1-11-7-12(2)20(19-11)10-16(21)18-17-9-13-5-6-14(22-3)8-15(13)23-4/h5-9H,10H2,1-4H3,(H,18,21). The van der Waals surface area contributed by atoms with Crippen LogP contribution in [0.2, 0.25) is 0 Å². The molecule has 0 aliphatic rings. The van der Waals surface area contributed by atoms with Crippen molar-refractivity contribution in [3.63, 3.8) is 0 Å². The number of nitrogens with zero attached hydrogens (tertiary/aromatic N) is 3. The van der Waals surface area contributed by atoms with E-state index in [0.29, 0.717) is 11.5 Å². The van der Waals surface area contributed by atoms with Crippen LogP contribution in [0.5, 0.6) is 11.5 Å². The van der Waals surface area contributed by atoms with Crippen molar-refractivity contribution >= 4 is 12.1 Å². The van der Waals surface area contributed by atoms with E-state index in [1.54, 1.807) is 37.1 Å². The Morgan fingerprint density at radius 2 is 2.09 bits per heavy atom. The van der Waals surface area contributed by atoms with E-state index < -0.39 is 0 Å².